The molecule has 0 saturated heterocycles. The Morgan fingerprint density at radius 3 is 2.55 bits per heavy atom. The van der Waals surface area contributed by atoms with E-state index in [1.54, 1.807) is 31.1 Å². The lowest BCUT2D eigenvalue weighted by molar-refractivity contribution is -0.194. The number of benzene rings is 1. The highest BCUT2D eigenvalue weighted by molar-refractivity contribution is 6.31. The Bertz CT molecular complexity index is 982. The van der Waals surface area contributed by atoms with Gasteiger partial charge >= 0.3 is 6.18 Å². The van der Waals surface area contributed by atoms with Gasteiger partial charge in [-0.3, -0.25) is 9.78 Å². The Kier molecular flexibility index (Phi) is 7.53. The summed E-state index contributed by atoms with van der Waals surface area (Å²) in [7, 11) is 3.53. The number of carbonyl (C=O) groups is 1. The molecule has 0 spiro atoms. The topological polar surface area (TPSA) is 65.5 Å². The molecule has 1 amide bonds. The van der Waals surface area contributed by atoms with E-state index in [1.165, 1.54) is 24.5 Å². The van der Waals surface area contributed by atoms with E-state index >= 15 is 0 Å². The maximum atomic E-state index is 13.9. The quantitative estimate of drug-likeness (QED) is 0.504. The molecule has 1 fully saturated rings. The number of hydrogen-bond donors (Lipinski definition) is 2. The Morgan fingerprint density at radius 2 is 2.00 bits per heavy atom. The highest BCUT2D eigenvalue weighted by Crippen LogP contribution is 2.66. The van der Waals surface area contributed by atoms with Crippen LogP contribution >= 0.6 is 11.6 Å². The number of aromatic nitrogens is 1. The summed E-state index contributed by atoms with van der Waals surface area (Å²) in [6.07, 6.45) is -1.65. The third-order valence-corrected chi connectivity index (χ3v) is 6.77. The molecule has 0 aliphatic heterocycles. The van der Waals surface area contributed by atoms with Crippen molar-refractivity contribution in [3.8, 4) is 5.75 Å². The molecule has 1 aromatic heterocycles. The Labute approximate surface area is 194 Å². The number of likely N-dealkylation sites (N-methyl/N-ethyl adjacent to an activating group) is 1. The van der Waals surface area contributed by atoms with E-state index in [4.69, 9.17) is 11.6 Å². The van der Waals surface area contributed by atoms with Gasteiger partial charge in [-0.25, -0.2) is 4.39 Å². The molecule has 33 heavy (non-hydrogen) atoms. The van der Waals surface area contributed by atoms with Crippen molar-refractivity contribution in [1.82, 2.24) is 15.2 Å². The van der Waals surface area contributed by atoms with Crippen LogP contribution in [0, 0.1) is 11.2 Å². The van der Waals surface area contributed by atoms with Gasteiger partial charge in [-0.1, -0.05) is 23.7 Å². The minimum Gasteiger partial charge on any atom is -0.505 e. The standard InChI is InChI=1S/C23H26ClF4N3O2/c1-31(2)16(10-14-5-6-18(32)21(25)20(14)24)13-30-19(33)11-17(15-4-3-9-29-12-15)22(7-8-22)23(26,27)28/h3-6,9,12,16-17,32H,7-8,10-11,13H2,1-2H3,(H,30,33). The largest absolute Gasteiger partial charge is 0.505 e. The number of nitrogens with one attached hydrogen (secondary N) is 1. The molecule has 1 aliphatic rings. The van der Waals surface area contributed by atoms with Crippen LogP contribution in [0.4, 0.5) is 17.6 Å². The number of carbonyl (C=O) groups excluding carboxylic acids is 1. The number of amides is 1. The lowest BCUT2D eigenvalue weighted by Gasteiger charge is -2.30. The third kappa shape index (κ3) is 5.58. The number of phenolic OH excluding ortho intramolecular Hbond substituents is 1. The van der Waals surface area contributed by atoms with Gasteiger partial charge in [0.25, 0.3) is 0 Å². The van der Waals surface area contributed by atoms with Gasteiger partial charge in [-0.15, -0.1) is 0 Å². The van der Waals surface area contributed by atoms with E-state index in [1.807, 2.05) is 0 Å². The Morgan fingerprint density at radius 1 is 1.30 bits per heavy atom. The van der Waals surface area contributed by atoms with Crippen molar-refractivity contribution in [1.29, 1.82) is 0 Å². The van der Waals surface area contributed by atoms with Crippen molar-refractivity contribution in [2.45, 2.75) is 43.8 Å². The molecular weight excluding hydrogens is 462 g/mol. The van der Waals surface area contributed by atoms with E-state index in [2.05, 4.69) is 10.3 Å². The van der Waals surface area contributed by atoms with Gasteiger partial charge in [-0.2, -0.15) is 13.2 Å². The highest BCUT2D eigenvalue weighted by Gasteiger charge is 2.67. The lowest BCUT2D eigenvalue weighted by Crippen LogP contribution is -2.42. The van der Waals surface area contributed by atoms with Gasteiger partial charge in [0, 0.05) is 37.3 Å². The summed E-state index contributed by atoms with van der Waals surface area (Å²) < 4.78 is 55.4. The predicted octanol–water partition coefficient (Wildman–Crippen LogP) is 4.69. The third-order valence-electron chi connectivity index (χ3n) is 6.36. The van der Waals surface area contributed by atoms with Gasteiger partial charge < -0.3 is 15.3 Å². The predicted molar refractivity (Wildman–Crippen MR) is 117 cm³/mol. The number of pyridine rings is 1. The lowest BCUT2D eigenvalue weighted by atomic mass is 9.80. The first kappa shape index (κ1) is 25.2. The maximum absolute atomic E-state index is 13.9. The van der Waals surface area contributed by atoms with Crippen LogP contribution in [-0.4, -0.2) is 53.8 Å². The van der Waals surface area contributed by atoms with Crippen molar-refractivity contribution in [2.24, 2.45) is 5.41 Å². The summed E-state index contributed by atoms with van der Waals surface area (Å²) in [4.78, 5) is 18.5. The minimum atomic E-state index is -4.42. The summed E-state index contributed by atoms with van der Waals surface area (Å²) in [6.45, 7) is 0.128. The molecule has 2 atom stereocenters. The zero-order valence-electron chi connectivity index (χ0n) is 18.3. The van der Waals surface area contributed by atoms with Crippen LogP contribution in [0.15, 0.2) is 36.7 Å². The zero-order valence-corrected chi connectivity index (χ0v) is 19.0. The number of alkyl halides is 3. The van der Waals surface area contributed by atoms with Crippen LogP contribution in [-0.2, 0) is 11.2 Å². The summed E-state index contributed by atoms with van der Waals surface area (Å²) >= 11 is 5.99. The van der Waals surface area contributed by atoms with E-state index in [-0.39, 0.29) is 43.3 Å². The molecule has 1 aromatic carbocycles. The first-order chi connectivity index (χ1) is 15.5. The number of aromatic hydroxyl groups is 1. The number of hydrogen-bond acceptors (Lipinski definition) is 4. The summed E-state index contributed by atoms with van der Waals surface area (Å²) in [5.41, 5.74) is -1.08. The minimum absolute atomic E-state index is 0.0193. The molecule has 10 heteroatoms. The van der Waals surface area contributed by atoms with Crippen LogP contribution in [0.1, 0.15) is 36.3 Å². The molecule has 1 heterocycles. The SMILES string of the molecule is CN(C)C(CNC(=O)CC(c1cccnc1)C1(C(F)(F)F)CC1)Cc1ccc(O)c(F)c1Cl. The Hall–Kier alpha value is -2.39. The van der Waals surface area contributed by atoms with Gasteiger partial charge in [0.2, 0.25) is 5.91 Å². The molecule has 2 unspecified atom stereocenters. The number of nitrogens with zero attached hydrogens (tertiary/aromatic N) is 2. The molecule has 5 nitrogen and oxygen atoms in total. The van der Waals surface area contributed by atoms with Crippen LogP contribution < -0.4 is 5.32 Å². The van der Waals surface area contributed by atoms with Gasteiger partial charge in [0.15, 0.2) is 11.6 Å². The van der Waals surface area contributed by atoms with Crippen molar-refractivity contribution in [2.75, 3.05) is 20.6 Å². The van der Waals surface area contributed by atoms with E-state index < -0.39 is 35.0 Å². The molecule has 0 bridgehead atoms. The second kappa shape index (κ2) is 9.85. The van der Waals surface area contributed by atoms with Crippen molar-refractivity contribution in [3.63, 3.8) is 0 Å². The fourth-order valence-corrected chi connectivity index (χ4v) is 4.33. The van der Waals surface area contributed by atoms with E-state index in [9.17, 15) is 27.5 Å². The fourth-order valence-electron chi connectivity index (χ4n) is 4.10. The van der Waals surface area contributed by atoms with Gasteiger partial charge in [0.05, 0.1) is 10.4 Å². The molecule has 2 aromatic rings. The van der Waals surface area contributed by atoms with E-state index in [0.29, 0.717) is 11.1 Å². The average molecular weight is 488 g/mol. The van der Waals surface area contributed by atoms with Gasteiger partial charge in [-0.05, 0) is 56.6 Å². The Balaban J connectivity index is 1.70. The molecule has 180 valence electrons. The molecule has 0 radical (unpaired) electrons. The molecule has 3 rings (SSSR count). The summed E-state index contributed by atoms with van der Waals surface area (Å²) in [5.74, 6) is -3.01. The zero-order chi connectivity index (χ0) is 24.4. The van der Waals surface area contributed by atoms with E-state index in [0.717, 1.165) is 0 Å². The van der Waals surface area contributed by atoms with Crippen LogP contribution in [0.5, 0.6) is 5.75 Å². The van der Waals surface area contributed by atoms with Crippen LogP contribution in [0.3, 0.4) is 0 Å². The molecular formula is C23H26ClF4N3O2. The average Bonchev–Trinajstić information content (AvgIpc) is 3.57. The highest BCUT2D eigenvalue weighted by atomic mass is 35.5. The maximum Gasteiger partial charge on any atom is 0.395 e. The van der Waals surface area contributed by atoms with Crippen LogP contribution in [0.25, 0.3) is 0 Å². The van der Waals surface area contributed by atoms with Crippen LogP contribution in [0.2, 0.25) is 5.02 Å². The second-order valence-corrected chi connectivity index (χ2v) is 9.07. The normalized spacial score (nSPS) is 17.0. The van der Waals surface area contributed by atoms with Crippen molar-refractivity contribution < 1.29 is 27.5 Å². The molecule has 1 aliphatic carbocycles. The fraction of sp³-hybridized carbons (Fsp3) is 0.478. The smallest absolute Gasteiger partial charge is 0.395 e. The van der Waals surface area contributed by atoms with Crippen molar-refractivity contribution >= 4 is 17.5 Å². The molecule has 2 N–H and O–H groups in total. The number of halogens is 5. The first-order valence-electron chi connectivity index (χ1n) is 10.5. The molecule has 1 saturated carbocycles. The second-order valence-electron chi connectivity index (χ2n) is 8.69. The monoisotopic (exact) mass is 487 g/mol. The first-order valence-corrected chi connectivity index (χ1v) is 10.9. The van der Waals surface area contributed by atoms with Gasteiger partial charge in [0.1, 0.15) is 0 Å². The summed E-state index contributed by atoms with van der Waals surface area (Å²) in [6, 6.07) is 5.53. The van der Waals surface area contributed by atoms with Crippen molar-refractivity contribution in [3.05, 3.63) is 58.6 Å². The summed E-state index contributed by atoms with van der Waals surface area (Å²) in [5, 5.41) is 12.0. The number of phenols is 1. The number of rotatable bonds is 9.